The highest BCUT2D eigenvalue weighted by atomic mass is 16.5. The largest absolute Gasteiger partial charge is 0.466 e. The van der Waals surface area contributed by atoms with Crippen molar-refractivity contribution in [2.75, 3.05) is 13.2 Å². The van der Waals surface area contributed by atoms with E-state index in [4.69, 9.17) is 4.74 Å². The van der Waals surface area contributed by atoms with E-state index in [1.807, 2.05) is 0 Å². The van der Waals surface area contributed by atoms with Gasteiger partial charge in [0.05, 0.1) is 25.4 Å². The first-order valence-electron chi connectivity index (χ1n) is 31.4. The molecule has 69 heavy (non-hydrogen) atoms. The lowest BCUT2D eigenvalue weighted by molar-refractivity contribution is -0.143. The van der Waals surface area contributed by atoms with Gasteiger partial charge in [0.1, 0.15) is 0 Å². The number of carbonyl (C=O) groups is 2. The maximum absolute atomic E-state index is 12.5. The molecule has 2 atom stereocenters. The van der Waals surface area contributed by atoms with Gasteiger partial charge in [0.25, 0.3) is 0 Å². The zero-order valence-electron chi connectivity index (χ0n) is 46.8. The minimum absolute atomic E-state index is 0.000383. The molecule has 0 aliphatic rings. The number of esters is 1. The molecule has 0 saturated heterocycles. The van der Waals surface area contributed by atoms with Crippen molar-refractivity contribution in [1.29, 1.82) is 0 Å². The summed E-state index contributed by atoms with van der Waals surface area (Å²) in [6.45, 7) is 4.94. The molecular formula is C63H123NO5. The number of nitrogens with one attached hydrogen (secondary N) is 1. The van der Waals surface area contributed by atoms with E-state index in [1.54, 1.807) is 0 Å². The maximum Gasteiger partial charge on any atom is 0.305 e. The van der Waals surface area contributed by atoms with Crippen LogP contribution >= 0.6 is 0 Å². The monoisotopic (exact) mass is 974 g/mol. The summed E-state index contributed by atoms with van der Waals surface area (Å²) in [4.78, 5) is 24.5. The smallest absolute Gasteiger partial charge is 0.305 e. The van der Waals surface area contributed by atoms with Crippen molar-refractivity contribution in [3.63, 3.8) is 0 Å². The molecule has 0 aromatic heterocycles. The quantitative estimate of drug-likeness (QED) is 0.0321. The van der Waals surface area contributed by atoms with Gasteiger partial charge in [-0.05, 0) is 44.9 Å². The number of unbranched alkanes of at least 4 members (excludes halogenated alkanes) is 46. The molecule has 3 N–H and O–H groups in total. The standard InChI is InChI=1S/C63H123NO5/c1-3-5-7-9-11-13-15-16-17-18-19-20-23-26-29-32-36-39-43-47-51-55-61(66)60(59-65)64-62(67)56-52-48-44-40-37-33-30-27-24-21-22-25-28-31-34-38-42-46-50-54-58-69-63(68)57-53-49-45-41-35-14-12-10-8-6-4-2/h10,12,60-61,65-66H,3-9,11,13-59H2,1-2H3,(H,64,67)/b12-10-. The number of amides is 1. The van der Waals surface area contributed by atoms with Crippen LogP contribution in [-0.4, -0.2) is 47.4 Å². The molecule has 0 radical (unpaired) electrons. The molecule has 6 nitrogen and oxygen atoms in total. The number of aliphatic hydroxyl groups excluding tert-OH is 2. The molecule has 0 aromatic carbocycles. The number of hydrogen-bond donors (Lipinski definition) is 3. The van der Waals surface area contributed by atoms with Crippen LogP contribution in [0, 0.1) is 0 Å². The molecular weight excluding hydrogens is 851 g/mol. The Hall–Kier alpha value is -1.40. The van der Waals surface area contributed by atoms with Crippen molar-refractivity contribution in [2.24, 2.45) is 0 Å². The van der Waals surface area contributed by atoms with Crippen molar-refractivity contribution in [3.05, 3.63) is 12.2 Å². The van der Waals surface area contributed by atoms with E-state index >= 15 is 0 Å². The van der Waals surface area contributed by atoms with Crippen molar-refractivity contribution < 1.29 is 24.5 Å². The van der Waals surface area contributed by atoms with Crippen LogP contribution in [0.2, 0.25) is 0 Å². The molecule has 0 fully saturated rings. The molecule has 2 unspecified atom stereocenters. The fourth-order valence-electron chi connectivity index (χ4n) is 9.98. The van der Waals surface area contributed by atoms with Crippen LogP contribution in [0.25, 0.3) is 0 Å². The zero-order valence-corrected chi connectivity index (χ0v) is 46.8. The minimum Gasteiger partial charge on any atom is -0.466 e. The van der Waals surface area contributed by atoms with Crippen LogP contribution < -0.4 is 5.32 Å². The Kier molecular flexibility index (Phi) is 58.0. The number of hydrogen-bond acceptors (Lipinski definition) is 5. The third kappa shape index (κ3) is 55.8. The Morgan fingerprint density at radius 3 is 1.07 bits per heavy atom. The second kappa shape index (κ2) is 59.2. The fourth-order valence-corrected chi connectivity index (χ4v) is 9.98. The van der Waals surface area contributed by atoms with Gasteiger partial charge in [-0.25, -0.2) is 0 Å². The lowest BCUT2D eigenvalue weighted by Crippen LogP contribution is -2.45. The third-order valence-corrected chi connectivity index (χ3v) is 14.8. The first kappa shape index (κ1) is 67.6. The molecule has 1 amide bonds. The molecule has 0 aromatic rings. The second-order valence-corrected chi connectivity index (χ2v) is 21.7. The van der Waals surface area contributed by atoms with Gasteiger partial charge in [-0.3, -0.25) is 9.59 Å². The lowest BCUT2D eigenvalue weighted by Gasteiger charge is -2.22. The van der Waals surface area contributed by atoms with Gasteiger partial charge < -0.3 is 20.3 Å². The summed E-state index contributed by atoms with van der Waals surface area (Å²) in [7, 11) is 0. The van der Waals surface area contributed by atoms with E-state index in [0.29, 0.717) is 25.9 Å². The van der Waals surface area contributed by atoms with Crippen molar-refractivity contribution in [1.82, 2.24) is 5.32 Å². The van der Waals surface area contributed by atoms with Gasteiger partial charge in [0.15, 0.2) is 0 Å². The second-order valence-electron chi connectivity index (χ2n) is 21.7. The Bertz CT molecular complexity index is 1030. The van der Waals surface area contributed by atoms with E-state index < -0.39 is 12.1 Å². The topological polar surface area (TPSA) is 95.9 Å². The molecule has 0 aliphatic heterocycles. The number of ether oxygens (including phenoxy) is 1. The number of carbonyl (C=O) groups excluding carboxylic acids is 2. The summed E-state index contributed by atoms with van der Waals surface area (Å²) in [5.74, 6) is -0.0326. The van der Waals surface area contributed by atoms with E-state index in [1.165, 1.54) is 276 Å². The summed E-state index contributed by atoms with van der Waals surface area (Å²) < 4.78 is 5.46. The first-order valence-corrected chi connectivity index (χ1v) is 31.4. The summed E-state index contributed by atoms with van der Waals surface area (Å²) >= 11 is 0. The normalized spacial score (nSPS) is 12.6. The first-order chi connectivity index (χ1) is 34.0. The van der Waals surface area contributed by atoms with Gasteiger partial charge in [-0.1, -0.05) is 309 Å². The Balaban J connectivity index is 3.40. The molecule has 0 spiro atoms. The van der Waals surface area contributed by atoms with Crippen LogP contribution in [0.4, 0.5) is 0 Å². The zero-order chi connectivity index (χ0) is 50.0. The van der Waals surface area contributed by atoms with E-state index in [2.05, 4.69) is 31.3 Å². The van der Waals surface area contributed by atoms with Crippen molar-refractivity contribution in [2.45, 2.75) is 366 Å². The highest BCUT2D eigenvalue weighted by molar-refractivity contribution is 5.76. The maximum atomic E-state index is 12.5. The molecule has 6 heteroatoms. The number of rotatable bonds is 59. The van der Waals surface area contributed by atoms with Crippen LogP contribution in [0.5, 0.6) is 0 Å². The molecule has 0 rings (SSSR count). The highest BCUT2D eigenvalue weighted by Gasteiger charge is 2.20. The van der Waals surface area contributed by atoms with Gasteiger partial charge in [-0.15, -0.1) is 0 Å². The van der Waals surface area contributed by atoms with Gasteiger partial charge in [-0.2, -0.15) is 0 Å². The van der Waals surface area contributed by atoms with Crippen molar-refractivity contribution in [3.8, 4) is 0 Å². The van der Waals surface area contributed by atoms with Crippen LogP contribution in [0.1, 0.15) is 354 Å². The van der Waals surface area contributed by atoms with Gasteiger partial charge in [0.2, 0.25) is 5.91 Å². The summed E-state index contributed by atoms with van der Waals surface area (Å²) in [6, 6.07) is -0.543. The Labute approximate surface area is 431 Å². The van der Waals surface area contributed by atoms with Crippen LogP contribution in [-0.2, 0) is 14.3 Å². The SMILES string of the molecule is CCCC/C=C\CCCCCCCC(=O)OCCCCCCCCCCCCCCCCCCCCCCC(=O)NC(CO)C(O)CCCCCCCCCCCCCCCCCCCCCCC. The van der Waals surface area contributed by atoms with Crippen molar-refractivity contribution >= 4 is 11.9 Å². The predicted molar refractivity (Wildman–Crippen MR) is 301 cm³/mol. The van der Waals surface area contributed by atoms with E-state index in [9.17, 15) is 19.8 Å². The average molecular weight is 975 g/mol. The number of aliphatic hydroxyl groups is 2. The minimum atomic E-state index is -0.666. The summed E-state index contributed by atoms with van der Waals surface area (Å²) in [6.07, 6.45) is 70.8. The van der Waals surface area contributed by atoms with Gasteiger partial charge in [0, 0.05) is 12.8 Å². The Morgan fingerprint density at radius 1 is 0.391 bits per heavy atom. The van der Waals surface area contributed by atoms with Crippen LogP contribution in [0.15, 0.2) is 12.2 Å². The van der Waals surface area contributed by atoms with Gasteiger partial charge >= 0.3 is 5.97 Å². The molecule has 0 heterocycles. The lowest BCUT2D eigenvalue weighted by atomic mass is 10.0. The van der Waals surface area contributed by atoms with E-state index in [-0.39, 0.29) is 18.5 Å². The van der Waals surface area contributed by atoms with E-state index in [0.717, 1.165) is 44.9 Å². The number of allylic oxidation sites excluding steroid dienone is 2. The molecule has 0 saturated carbocycles. The highest BCUT2D eigenvalue weighted by Crippen LogP contribution is 2.18. The predicted octanol–water partition coefficient (Wildman–Crippen LogP) is 19.6. The van der Waals surface area contributed by atoms with Crippen LogP contribution in [0.3, 0.4) is 0 Å². The molecule has 0 aliphatic carbocycles. The Morgan fingerprint density at radius 2 is 0.696 bits per heavy atom. The third-order valence-electron chi connectivity index (χ3n) is 14.8. The molecule has 410 valence electrons. The summed E-state index contributed by atoms with van der Waals surface area (Å²) in [5.41, 5.74) is 0. The average Bonchev–Trinajstić information content (AvgIpc) is 3.35. The summed E-state index contributed by atoms with van der Waals surface area (Å²) in [5, 5.41) is 23.4. The fraction of sp³-hybridized carbons (Fsp3) is 0.937. The molecule has 0 bridgehead atoms.